The monoisotopic (exact) mass is 208 g/mol. The third-order valence-corrected chi connectivity index (χ3v) is 3.82. The van der Waals surface area contributed by atoms with Crippen molar-refractivity contribution in [1.29, 1.82) is 0 Å². The van der Waals surface area contributed by atoms with Gasteiger partial charge in [-0.3, -0.25) is 0 Å². The zero-order valence-corrected chi connectivity index (χ0v) is 9.47. The molecular weight excluding hydrogens is 191 g/mol. The van der Waals surface area contributed by atoms with Crippen LogP contribution in [0.4, 0.5) is 4.39 Å². The van der Waals surface area contributed by atoms with Gasteiger partial charge in [-0.1, -0.05) is 26.8 Å². The second kappa shape index (κ2) is 3.22. The summed E-state index contributed by atoms with van der Waals surface area (Å²) >= 11 is 0. The molecule has 82 valence electrons. The molecule has 1 aliphatic rings. The summed E-state index contributed by atoms with van der Waals surface area (Å²) in [4.78, 5) is 0. The predicted octanol–water partition coefficient (Wildman–Crippen LogP) is 3.39. The van der Waals surface area contributed by atoms with Crippen molar-refractivity contribution in [1.82, 2.24) is 0 Å². The molecule has 1 aromatic carbocycles. The molecule has 1 saturated carbocycles. The molecule has 2 unspecified atom stereocenters. The first-order valence-corrected chi connectivity index (χ1v) is 5.51. The molecule has 1 fully saturated rings. The normalized spacial score (nSPS) is 29.2. The van der Waals surface area contributed by atoms with Gasteiger partial charge in [0.2, 0.25) is 0 Å². The summed E-state index contributed by atoms with van der Waals surface area (Å²) in [5.41, 5.74) is 1.70. The highest BCUT2D eigenvalue weighted by atomic mass is 19.1. The molecule has 2 atom stereocenters. The lowest BCUT2D eigenvalue weighted by molar-refractivity contribution is 0.422. The van der Waals surface area contributed by atoms with Crippen molar-refractivity contribution in [2.75, 3.05) is 0 Å². The molecule has 1 aliphatic carbocycles. The van der Waals surface area contributed by atoms with Crippen LogP contribution in [-0.2, 0) is 11.8 Å². The molecular formula is C13H17FO. The minimum atomic E-state index is -0.416. The van der Waals surface area contributed by atoms with Crippen LogP contribution < -0.4 is 0 Å². The standard InChI is InChI=1S/C13H17FO/c1-4-9-5-6-10(15)12(14)11(9)13(3)7-8(13)2/h5-6,8,15H,4,7H2,1-3H3. The molecule has 0 aromatic heterocycles. The fraction of sp³-hybridized carbons (Fsp3) is 0.538. The summed E-state index contributed by atoms with van der Waals surface area (Å²) in [5.74, 6) is -0.122. The van der Waals surface area contributed by atoms with E-state index in [-0.39, 0.29) is 11.2 Å². The highest BCUT2D eigenvalue weighted by Gasteiger charge is 2.50. The number of halogens is 1. The maximum Gasteiger partial charge on any atom is 0.168 e. The minimum Gasteiger partial charge on any atom is -0.505 e. The van der Waals surface area contributed by atoms with Crippen LogP contribution in [-0.4, -0.2) is 5.11 Å². The van der Waals surface area contributed by atoms with Gasteiger partial charge in [0.15, 0.2) is 11.6 Å². The highest BCUT2D eigenvalue weighted by Crippen LogP contribution is 2.55. The van der Waals surface area contributed by atoms with Crippen molar-refractivity contribution >= 4 is 0 Å². The molecule has 15 heavy (non-hydrogen) atoms. The maximum atomic E-state index is 13.9. The van der Waals surface area contributed by atoms with Crippen molar-refractivity contribution in [2.45, 2.75) is 39.0 Å². The van der Waals surface area contributed by atoms with Crippen LogP contribution in [0.3, 0.4) is 0 Å². The summed E-state index contributed by atoms with van der Waals surface area (Å²) in [5, 5.41) is 9.42. The van der Waals surface area contributed by atoms with Crippen LogP contribution in [0.2, 0.25) is 0 Å². The van der Waals surface area contributed by atoms with Crippen LogP contribution in [0.25, 0.3) is 0 Å². The predicted molar refractivity (Wildman–Crippen MR) is 58.6 cm³/mol. The Bertz CT molecular complexity index is 400. The fourth-order valence-electron chi connectivity index (χ4n) is 2.44. The maximum absolute atomic E-state index is 13.9. The van der Waals surface area contributed by atoms with Gasteiger partial charge in [-0.2, -0.15) is 0 Å². The van der Waals surface area contributed by atoms with Gasteiger partial charge < -0.3 is 5.11 Å². The number of aromatic hydroxyl groups is 1. The van der Waals surface area contributed by atoms with Crippen molar-refractivity contribution in [3.05, 3.63) is 29.1 Å². The van der Waals surface area contributed by atoms with Crippen molar-refractivity contribution in [3.63, 3.8) is 0 Å². The van der Waals surface area contributed by atoms with Crippen LogP contribution in [0.5, 0.6) is 5.75 Å². The summed E-state index contributed by atoms with van der Waals surface area (Å²) in [7, 11) is 0. The van der Waals surface area contributed by atoms with E-state index in [0.29, 0.717) is 5.92 Å². The number of phenols is 1. The summed E-state index contributed by atoms with van der Waals surface area (Å²) < 4.78 is 13.9. The van der Waals surface area contributed by atoms with Crippen LogP contribution in [0.15, 0.2) is 12.1 Å². The minimum absolute atomic E-state index is 0.0613. The number of benzene rings is 1. The number of phenolic OH excluding ortho intramolecular Hbond substituents is 1. The first-order chi connectivity index (χ1) is 7.00. The van der Waals surface area contributed by atoms with E-state index in [2.05, 4.69) is 13.8 Å². The van der Waals surface area contributed by atoms with Crippen LogP contribution >= 0.6 is 0 Å². The Hall–Kier alpha value is -1.05. The largest absolute Gasteiger partial charge is 0.505 e. The zero-order chi connectivity index (χ0) is 11.2. The van der Waals surface area contributed by atoms with Gasteiger partial charge in [0.05, 0.1) is 0 Å². The van der Waals surface area contributed by atoms with E-state index in [0.717, 1.165) is 24.0 Å². The van der Waals surface area contributed by atoms with E-state index in [9.17, 15) is 9.50 Å². The lowest BCUT2D eigenvalue weighted by Crippen LogP contribution is -2.10. The Morgan fingerprint density at radius 2 is 2.13 bits per heavy atom. The molecule has 1 aromatic rings. The average molecular weight is 208 g/mol. The fourth-order valence-corrected chi connectivity index (χ4v) is 2.44. The van der Waals surface area contributed by atoms with Gasteiger partial charge in [-0.25, -0.2) is 4.39 Å². The zero-order valence-electron chi connectivity index (χ0n) is 9.47. The molecule has 0 aliphatic heterocycles. The van der Waals surface area contributed by atoms with Crippen LogP contribution in [0, 0.1) is 11.7 Å². The van der Waals surface area contributed by atoms with Gasteiger partial charge >= 0.3 is 0 Å². The van der Waals surface area contributed by atoms with Gasteiger partial charge in [0, 0.05) is 5.56 Å². The summed E-state index contributed by atoms with van der Waals surface area (Å²) in [6, 6.07) is 3.29. The molecule has 0 radical (unpaired) electrons. The Morgan fingerprint density at radius 3 is 2.60 bits per heavy atom. The number of hydrogen-bond acceptors (Lipinski definition) is 1. The lowest BCUT2D eigenvalue weighted by Gasteiger charge is -2.17. The average Bonchev–Trinajstić information content (AvgIpc) is 2.79. The van der Waals surface area contributed by atoms with E-state index < -0.39 is 5.82 Å². The molecule has 0 amide bonds. The third-order valence-electron chi connectivity index (χ3n) is 3.82. The van der Waals surface area contributed by atoms with Gasteiger partial charge in [-0.05, 0) is 35.8 Å². The first-order valence-electron chi connectivity index (χ1n) is 5.51. The van der Waals surface area contributed by atoms with Crippen molar-refractivity contribution < 1.29 is 9.50 Å². The van der Waals surface area contributed by atoms with Gasteiger partial charge in [0.1, 0.15) is 0 Å². The van der Waals surface area contributed by atoms with Crippen molar-refractivity contribution in [3.8, 4) is 5.75 Å². The van der Waals surface area contributed by atoms with E-state index >= 15 is 0 Å². The number of aryl methyl sites for hydroxylation is 1. The van der Waals surface area contributed by atoms with E-state index in [1.54, 1.807) is 0 Å². The smallest absolute Gasteiger partial charge is 0.168 e. The van der Waals surface area contributed by atoms with Crippen LogP contribution in [0.1, 0.15) is 38.3 Å². The molecule has 1 nitrogen and oxygen atoms in total. The molecule has 1 N–H and O–H groups in total. The molecule has 0 spiro atoms. The van der Waals surface area contributed by atoms with E-state index in [1.165, 1.54) is 6.07 Å². The first kappa shape index (κ1) is 10.5. The Balaban J connectivity index is 2.58. The third kappa shape index (κ3) is 1.43. The second-order valence-electron chi connectivity index (χ2n) is 4.81. The lowest BCUT2D eigenvalue weighted by atomic mass is 9.89. The molecule has 2 rings (SSSR count). The van der Waals surface area contributed by atoms with E-state index in [1.807, 2.05) is 13.0 Å². The molecule has 0 saturated heterocycles. The Labute approximate surface area is 89.9 Å². The number of rotatable bonds is 2. The summed E-state index contributed by atoms with van der Waals surface area (Å²) in [6.45, 7) is 6.23. The van der Waals surface area contributed by atoms with Gasteiger partial charge in [0.25, 0.3) is 0 Å². The summed E-state index contributed by atoms with van der Waals surface area (Å²) in [6.07, 6.45) is 1.83. The van der Waals surface area contributed by atoms with E-state index in [4.69, 9.17) is 0 Å². The Kier molecular flexibility index (Phi) is 2.25. The Morgan fingerprint density at radius 1 is 1.53 bits per heavy atom. The second-order valence-corrected chi connectivity index (χ2v) is 4.81. The van der Waals surface area contributed by atoms with Crippen molar-refractivity contribution in [2.24, 2.45) is 5.92 Å². The number of hydrogen-bond donors (Lipinski definition) is 1. The highest BCUT2D eigenvalue weighted by molar-refractivity contribution is 5.45. The molecule has 2 heteroatoms. The molecule has 0 heterocycles. The quantitative estimate of drug-likeness (QED) is 0.789. The SMILES string of the molecule is CCc1ccc(O)c(F)c1C1(C)CC1C. The topological polar surface area (TPSA) is 20.2 Å². The molecule has 0 bridgehead atoms. The van der Waals surface area contributed by atoms with Gasteiger partial charge in [-0.15, -0.1) is 0 Å².